The van der Waals surface area contributed by atoms with Crippen LogP contribution in [0.4, 0.5) is 11.4 Å². The Morgan fingerprint density at radius 2 is 1.88 bits per heavy atom. The third-order valence-corrected chi connectivity index (χ3v) is 3.50. The number of fused-ring (bicyclic) bond motifs is 1. The van der Waals surface area contributed by atoms with Gasteiger partial charge in [-0.15, -0.1) is 0 Å². The number of amides is 1. The number of rotatable bonds is 4. The van der Waals surface area contributed by atoms with Crippen molar-refractivity contribution in [3.8, 4) is 11.5 Å². The van der Waals surface area contributed by atoms with Gasteiger partial charge in [0, 0.05) is 16.8 Å². The fourth-order valence-electron chi connectivity index (χ4n) is 2.12. The fraction of sp³-hybridized carbons (Fsp3) is 0.0625. The molecule has 0 fully saturated rings. The lowest BCUT2D eigenvalue weighted by molar-refractivity contribution is -0.385. The van der Waals surface area contributed by atoms with Crippen LogP contribution in [0.1, 0.15) is 5.56 Å². The third kappa shape index (κ3) is 3.47. The molecule has 2 aromatic rings. The Bertz CT molecular complexity index is 833. The van der Waals surface area contributed by atoms with Gasteiger partial charge in [-0.05, 0) is 36.4 Å². The molecule has 0 radical (unpaired) electrons. The minimum absolute atomic E-state index is 0.0106. The van der Waals surface area contributed by atoms with Crippen molar-refractivity contribution < 1.29 is 19.2 Å². The summed E-state index contributed by atoms with van der Waals surface area (Å²) in [5.74, 6) is 0.284. The summed E-state index contributed by atoms with van der Waals surface area (Å²) in [7, 11) is 0. The summed E-state index contributed by atoms with van der Waals surface area (Å²) < 4.78 is 10.3. The van der Waals surface area contributed by atoms with E-state index < -0.39 is 10.8 Å². The number of anilines is 1. The Morgan fingerprint density at radius 1 is 1.21 bits per heavy atom. The monoisotopic (exact) mass is 346 g/mol. The zero-order chi connectivity index (χ0) is 17.1. The molecule has 0 spiro atoms. The van der Waals surface area contributed by atoms with Crippen molar-refractivity contribution in [1.82, 2.24) is 0 Å². The molecular formula is C16H11ClN2O5. The highest BCUT2D eigenvalue weighted by Gasteiger charge is 2.22. The number of nitro benzene ring substituents is 1. The molecule has 1 heterocycles. The van der Waals surface area contributed by atoms with E-state index in [2.05, 4.69) is 5.32 Å². The number of benzene rings is 2. The number of nitrogens with zero attached hydrogens (tertiary/aromatic N) is 1. The molecule has 7 nitrogen and oxygen atoms in total. The lowest BCUT2D eigenvalue weighted by atomic mass is 10.1. The largest absolute Gasteiger partial charge is 0.454 e. The van der Waals surface area contributed by atoms with E-state index >= 15 is 0 Å². The normalized spacial score (nSPS) is 12.4. The van der Waals surface area contributed by atoms with Crippen LogP contribution in [-0.4, -0.2) is 17.6 Å². The minimum Gasteiger partial charge on any atom is -0.454 e. The molecule has 1 aliphatic heterocycles. The van der Waals surface area contributed by atoms with Gasteiger partial charge >= 0.3 is 0 Å². The Hall–Kier alpha value is -3.06. The van der Waals surface area contributed by atoms with Gasteiger partial charge in [0.25, 0.3) is 5.69 Å². The van der Waals surface area contributed by atoms with Crippen LogP contribution in [0.2, 0.25) is 5.02 Å². The maximum absolute atomic E-state index is 11.9. The first-order valence-electron chi connectivity index (χ1n) is 6.85. The zero-order valence-corrected chi connectivity index (χ0v) is 12.9. The van der Waals surface area contributed by atoms with Gasteiger partial charge in [-0.25, -0.2) is 0 Å². The van der Waals surface area contributed by atoms with E-state index in [1.807, 2.05) is 0 Å². The number of nitrogens with one attached hydrogen (secondary N) is 1. The predicted octanol–water partition coefficient (Wildman–Crippen LogP) is 3.63. The summed E-state index contributed by atoms with van der Waals surface area (Å²) in [5.41, 5.74) is 0.638. The van der Waals surface area contributed by atoms with Gasteiger partial charge in [-0.1, -0.05) is 11.6 Å². The molecule has 0 saturated heterocycles. The summed E-state index contributed by atoms with van der Waals surface area (Å²) in [6, 6.07) is 9.33. The number of carbonyl (C=O) groups is 1. The van der Waals surface area contributed by atoms with Crippen LogP contribution in [0, 0.1) is 10.1 Å². The summed E-state index contributed by atoms with van der Waals surface area (Å²) >= 11 is 5.77. The number of ether oxygens (including phenoxy) is 2. The Labute approximate surface area is 141 Å². The molecule has 3 rings (SSSR count). The predicted molar refractivity (Wildman–Crippen MR) is 88.3 cm³/mol. The van der Waals surface area contributed by atoms with E-state index in [1.165, 1.54) is 24.3 Å². The summed E-state index contributed by atoms with van der Waals surface area (Å²) in [6.07, 6.45) is 2.56. The molecule has 1 N–H and O–H groups in total. The van der Waals surface area contributed by atoms with E-state index in [-0.39, 0.29) is 18.0 Å². The van der Waals surface area contributed by atoms with Crippen molar-refractivity contribution in [3.05, 3.63) is 63.2 Å². The molecule has 1 amide bonds. The van der Waals surface area contributed by atoms with E-state index in [1.54, 1.807) is 24.3 Å². The van der Waals surface area contributed by atoms with Crippen LogP contribution in [0.5, 0.6) is 11.5 Å². The average Bonchev–Trinajstić information content (AvgIpc) is 3.01. The first kappa shape index (κ1) is 15.8. The number of hydrogen-bond donors (Lipinski definition) is 1. The van der Waals surface area contributed by atoms with E-state index in [9.17, 15) is 14.9 Å². The number of nitro groups is 1. The van der Waals surface area contributed by atoms with Crippen molar-refractivity contribution in [2.45, 2.75) is 0 Å². The maximum Gasteiger partial charge on any atom is 0.280 e. The second-order valence-electron chi connectivity index (χ2n) is 4.85. The third-order valence-electron chi connectivity index (χ3n) is 3.24. The Morgan fingerprint density at radius 3 is 2.54 bits per heavy atom. The summed E-state index contributed by atoms with van der Waals surface area (Å²) in [6.45, 7) is 0.0106. The molecule has 0 aromatic heterocycles. The highest BCUT2D eigenvalue weighted by Crippen LogP contribution is 2.38. The van der Waals surface area contributed by atoms with Gasteiger partial charge in [0.2, 0.25) is 12.7 Å². The Balaban J connectivity index is 1.79. The first-order chi connectivity index (χ1) is 11.5. The molecule has 24 heavy (non-hydrogen) atoms. The topological polar surface area (TPSA) is 90.7 Å². The Kier molecular flexibility index (Phi) is 4.35. The van der Waals surface area contributed by atoms with Crippen LogP contribution in [0.15, 0.2) is 42.5 Å². The van der Waals surface area contributed by atoms with Gasteiger partial charge in [0.15, 0.2) is 11.5 Å². The molecule has 0 aliphatic carbocycles. The van der Waals surface area contributed by atoms with Gasteiger partial charge < -0.3 is 14.8 Å². The second kappa shape index (κ2) is 6.59. The molecular weight excluding hydrogens is 336 g/mol. The lowest BCUT2D eigenvalue weighted by Gasteiger charge is -2.03. The maximum atomic E-state index is 11.9. The highest BCUT2D eigenvalue weighted by molar-refractivity contribution is 6.30. The van der Waals surface area contributed by atoms with Crippen molar-refractivity contribution in [2.24, 2.45) is 0 Å². The summed E-state index contributed by atoms with van der Waals surface area (Å²) in [5, 5.41) is 14.3. The number of halogens is 1. The van der Waals surface area contributed by atoms with E-state index in [0.29, 0.717) is 22.2 Å². The van der Waals surface area contributed by atoms with Crippen LogP contribution < -0.4 is 14.8 Å². The van der Waals surface area contributed by atoms with Crippen molar-refractivity contribution in [2.75, 3.05) is 12.1 Å². The lowest BCUT2D eigenvalue weighted by Crippen LogP contribution is -2.07. The molecule has 122 valence electrons. The van der Waals surface area contributed by atoms with Gasteiger partial charge in [-0.2, -0.15) is 0 Å². The number of hydrogen-bond acceptors (Lipinski definition) is 5. The minimum atomic E-state index is -0.543. The highest BCUT2D eigenvalue weighted by atomic mass is 35.5. The van der Waals surface area contributed by atoms with Gasteiger partial charge in [0.1, 0.15) is 0 Å². The molecule has 0 saturated carbocycles. The van der Waals surface area contributed by atoms with Crippen LogP contribution in [-0.2, 0) is 4.79 Å². The SMILES string of the molecule is O=C(/C=C/c1cc2c(cc1[N+](=O)[O-])OCO2)Nc1ccc(Cl)cc1. The van der Waals surface area contributed by atoms with Crippen LogP contribution >= 0.6 is 11.6 Å². The van der Waals surface area contributed by atoms with Crippen LogP contribution in [0.3, 0.4) is 0 Å². The average molecular weight is 347 g/mol. The molecule has 8 heteroatoms. The standard InChI is InChI=1S/C16H11ClN2O5/c17-11-2-4-12(5-3-11)18-16(20)6-1-10-7-14-15(24-9-23-14)8-13(10)19(21)22/h1-8H,9H2,(H,18,20)/b6-1+. The zero-order valence-electron chi connectivity index (χ0n) is 12.2. The smallest absolute Gasteiger partial charge is 0.280 e. The second-order valence-corrected chi connectivity index (χ2v) is 5.29. The molecule has 0 unspecified atom stereocenters. The van der Waals surface area contributed by atoms with Crippen molar-refractivity contribution in [1.29, 1.82) is 0 Å². The number of carbonyl (C=O) groups excluding carboxylic acids is 1. The van der Waals surface area contributed by atoms with Gasteiger partial charge in [0.05, 0.1) is 16.6 Å². The first-order valence-corrected chi connectivity index (χ1v) is 7.23. The van der Waals surface area contributed by atoms with Gasteiger partial charge in [-0.3, -0.25) is 14.9 Å². The fourth-order valence-corrected chi connectivity index (χ4v) is 2.25. The van der Waals surface area contributed by atoms with E-state index in [0.717, 1.165) is 0 Å². The molecule has 1 aliphatic rings. The summed E-state index contributed by atoms with van der Waals surface area (Å²) in [4.78, 5) is 22.5. The quantitative estimate of drug-likeness (QED) is 0.518. The van der Waals surface area contributed by atoms with Crippen molar-refractivity contribution in [3.63, 3.8) is 0 Å². The molecule has 0 bridgehead atoms. The molecule has 2 aromatic carbocycles. The van der Waals surface area contributed by atoms with Crippen molar-refractivity contribution >= 4 is 35.0 Å². The van der Waals surface area contributed by atoms with Crippen LogP contribution in [0.25, 0.3) is 6.08 Å². The van der Waals surface area contributed by atoms with E-state index in [4.69, 9.17) is 21.1 Å². The molecule has 0 atom stereocenters.